The Morgan fingerprint density at radius 2 is 1.97 bits per heavy atom. The number of anilines is 1. The summed E-state index contributed by atoms with van der Waals surface area (Å²) in [6.45, 7) is 1.82. The molecule has 2 aromatic heterocycles. The molecule has 6 nitrogen and oxygen atoms in total. The minimum absolute atomic E-state index is 0.0326. The van der Waals surface area contributed by atoms with Gasteiger partial charge in [-0.3, -0.25) is 14.5 Å². The number of halogens is 1. The fraction of sp³-hybridized carbons (Fsp3) is 0.136. The Morgan fingerprint density at radius 3 is 2.63 bits per heavy atom. The van der Waals surface area contributed by atoms with Crippen LogP contribution in [0.3, 0.4) is 0 Å². The largest absolute Gasteiger partial charge is 0.497 e. The number of hydrogen-bond donors (Lipinski definition) is 0. The summed E-state index contributed by atoms with van der Waals surface area (Å²) < 4.78 is 11.2. The van der Waals surface area contributed by atoms with Gasteiger partial charge < -0.3 is 9.15 Å². The molecular weight excluding hydrogens is 424 g/mol. The molecule has 1 atom stereocenters. The Balaban J connectivity index is 1.81. The highest BCUT2D eigenvalue weighted by Gasteiger charge is 2.44. The molecule has 1 aliphatic rings. The zero-order valence-electron chi connectivity index (χ0n) is 16.0. The van der Waals surface area contributed by atoms with Crippen LogP contribution in [0.15, 0.2) is 57.2 Å². The van der Waals surface area contributed by atoms with Crippen LogP contribution in [0.2, 0.25) is 5.02 Å². The number of aromatic nitrogens is 1. The number of thiazole rings is 1. The van der Waals surface area contributed by atoms with E-state index in [0.717, 1.165) is 11.1 Å². The van der Waals surface area contributed by atoms with Crippen LogP contribution in [0.1, 0.15) is 33.3 Å². The lowest BCUT2D eigenvalue weighted by Crippen LogP contribution is -2.29. The number of nitrogens with zero attached hydrogens (tertiary/aromatic N) is 2. The molecule has 150 valence electrons. The van der Waals surface area contributed by atoms with Crippen LogP contribution in [0.25, 0.3) is 11.0 Å². The van der Waals surface area contributed by atoms with E-state index in [0.29, 0.717) is 26.9 Å². The predicted octanol–water partition coefficient (Wildman–Crippen LogP) is 4.97. The number of amides is 1. The zero-order chi connectivity index (χ0) is 21.0. The molecule has 0 bridgehead atoms. The van der Waals surface area contributed by atoms with Crippen molar-refractivity contribution in [2.75, 3.05) is 12.0 Å². The second kappa shape index (κ2) is 6.97. The van der Waals surface area contributed by atoms with Crippen molar-refractivity contribution < 1.29 is 13.9 Å². The minimum atomic E-state index is -0.662. The summed E-state index contributed by atoms with van der Waals surface area (Å²) in [6, 6.07) is 9.86. The van der Waals surface area contributed by atoms with Crippen molar-refractivity contribution >= 4 is 44.9 Å². The summed E-state index contributed by atoms with van der Waals surface area (Å²) in [7, 11) is 1.58. The third-order valence-corrected chi connectivity index (χ3v) is 6.39. The molecule has 5 rings (SSSR count). The van der Waals surface area contributed by atoms with Crippen molar-refractivity contribution in [3.8, 4) is 5.75 Å². The average molecular weight is 439 g/mol. The van der Waals surface area contributed by atoms with Gasteiger partial charge in [0.1, 0.15) is 11.3 Å². The highest BCUT2D eigenvalue weighted by atomic mass is 35.5. The van der Waals surface area contributed by atoms with E-state index in [1.165, 1.54) is 16.2 Å². The molecule has 0 unspecified atom stereocenters. The van der Waals surface area contributed by atoms with Gasteiger partial charge in [-0.2, -0.15) is 0 Å². The fourth-order valence-electron chi connectivity index (χ4n) is 3.73. The maximum Gasteiger partial charge on any atom is 0.297 e. The molecule has 30 heavy (non-hydrogen) atoms. The SMILES string of the molecule is COc1ccc([C@H]2c3c(oc4cc(C)c(Cl)cc4c3=O)C(=O)N2c2nccs2)cc1. The smallest absolute Gasteiger partial charge is 0.297 e. The molecule has 3 heterocycles. The number of carbonyl (C=O) groups is 1. The zero-order valence-corrected chi connectivity index (χ0v) is 17.6. The quantitative estimate of drug-likeness (QED) is 0.451. The highest BCUT2D eigenvalue weighted by molar-refractivity contribution is 7.13. The lowest BCUT2D eigenvalue weighted by molar-refractivity contribution is 0.0971. The van der Waals surface area contributed by atoms with Crippen molar-refractivity contribution in [1.29, 1.82) is 0 Å². The fourth-order valence-corrected chi connectivity index (χ4v) is 4.56. The molecule has 0 saturated heterocycles. The van der Waals surface area contributed by atoms with E-state index >= 15 is 0 Å². The Morgan fingerprint density at radius 1 is 1.20 bits per heavy atom. The van der Waals surface area contributed by atoms with Gasteiger partial charge in [0.25, 0.3) is 5.91 Å². The monoisotopic (exact) mass is 438 g/mol. The summed E-state index contributed by atoms with van der Waals surface area (Å²) >= 11 is 7.58. The van der Waals surface area contributed by atoms with E-state index in [1.807, 2.05) is 19.1 Å². The molecule has 0 aliphatic carbocycles. The summed E-state index contributed by atoms with van der Waals surface area (Å²) in [5.41, 5.74) is 1.86. The van der Waals surface area contributed by atoms with Gasteiger partial charge in [0.05, 0.1) is 24.1 Å². The van der Waals surface area contributed by atoms with Crippen LogP contribution in [-0.4, -0.2) is 18.0 Å². The van der Waals surface area contributed by atoms with Gasteiger partial charge in [-0.25, -0.2) is 4.98 Å². The number of rotatable bonds is 3. The molecule has 0 fully saturated rings. The Bertz CT molecular complexity index is 1350. The van der Waals surface area contributed by atoms with Crippen molar-refractivity contribution in [2.24, 2.45) is 0 Å². The van der Waals surface area contributed by atoms with Crippen LogP contribution >= 0.6 is 22.9 Å². The highest BCUT2D eigenvalue weighted by Crippen LogP contribution is 2.42. The van der Waals surface area contributed by atoms with Crippen molar-refractivity contribution in [2.45, 2.75) is 13.0 Å². The number of benzene rings is 2. The van der Waals surface area contributed by atoms with E-state index in [9.17, 15) is 9.59 Å². The van der Waals surface area contributed by atoms with Gasteiger partial charge in [-0.05, 0) is 42.3 Å². The Labute approximate surface area is 180 Å². The number of hydrogen-bond acceptors (Lipinski definition) is 6. The summed E-state index contributed by atoms with van der Waals surface area (Å²) in [4.78, 5) is 32.7. The van der Waals surface area contributed by atoms with Crippen LogP contribution in [0.5, 0.6) is 5.75 Å². The first kappa shape index (κ1) is 18.8. The predicted molar refractivity (Wildman–Crippen MR) is 116 cm³/mol. The number of carbonyl (C=O) groups excluding carboxylic acids is 1. The normalized spacial score (nSPS) is 15.6. The first-order chi connectivity index (χ1) is 14.5. The lowest BCUT2D eigenvalue weighted by Gasteiger charge is -2.22. The second-order valence-electron chi connectivity index (χ2n) is 6.94. The van der Waals surface area contributed by atoms with Crippen LogP contribution in [0.4, 0.5) is 5.13 Å². The first-order valence-electron chi connectivity index (χ1n) is 9.13. The Kier molecular flexibility index (Phi) is 4.38. The lowest BCUT2D eigenvalue weighted by atomic mass is 9.98. The van der Waals surface area contributed by atoms with Gasteiger partial charge in [0.15, 0.2) is 10.6 Å². The van der Waals surface area contributed by atoms with Crippen LogP contribution < -0.4 is 15.1 Å². The molecule has 1 aliphatic heterocycles. The minimum Gasteiger partial charge on any atom is -0.497 e. The molecule has 0 N–H and O–H groups in total. The molecular formula is C22H15ClN2O4S. The summed E-state index contributed by atoms with van der Waals surface area (Å²) in [6.07, 6.45) is 1.62. The van der Waals surface area contributed by atoms with E-state index in [-0.39, 0.29) is 16.8 Å². The maximum atomic E-state index is 13.5. The van der Waals surface area contributed by atoms with E-state index < -0.39 is 11.9 Å². The van der Waals surface area contributed by atoms with Crippen molar-refractivity contribution in [1.82, 2.24) is 4.98 Å². The molecule has 4 aromatic rings. The number of ether oxygens (including phenoxy) is 1. The van der Waals surface area contributed by atoms with Crippen molar-refractivity contribution in [3.05, 3.63) is 85.7 Å². The van der Waals surface area contributed by atoms with Crippen molar-refractivity contribution in [3.63, 3.8) is 0 Å². The third-order valence-electron chi connectivity index (χ3n) is 5.21. The number of aryl methyl sites for hydroxylation is 1. The number of methoxy groups -OCH3 is 1. The molecule has 0 radical (unpaired) electrons. The van der Waals surface area contributed by atoms with E-state index in [2.05, 4.69) is 4.98 Å². The maximum absolute atomic E-state index is 13.5. The van der Waals surface area contributed by atoms with Crippen LogP contribution in [0, 0.1) is 6.92 Å². The number of fused-ring (bicyclic) bond motifs is 2. The van der Waals surface area contributed by atoms with Gasteiger partial charge >= 0.3 is 0 Å². The van der Waals surface area contributed by atoms with Crippen LogP contribution in [-0.2, 0) is 0 Å². The standard InChI is InChI=1S/C22H15ClN2O4S/c1-11-9-16-14(10-15(11)23)19(26)17-18(12-3-5-13(28-2)6-4-12)25(21(27)20(17)29-16)22-24-7-8-30-22/h3-10,18H,1-2H3/t18-/m0/s1. The van der Waals surface area contributed by atoms with E-state index in [1.54, 1.807) is 43.0 Å². The Hall–Kier alpha value is -3.16. The molecule has 1 amide bonds. The van der Waals surface area contributed by atoms with Gasteiger partial charge in [0, 0.05) is 16.6 Å². The first-order valence-corrected chi connectivity index (χ1v) is 10.4. The topological polar surface area (TPSA) is 72.6 Å². The van der Waals surface area contributed by atoms with Gasteiger partial charge in [-0.1, -0.05) is 23.7 Å². The summed E-state index contributed by atoms with van der Waals surface area (Å²) in [5.74, 6) is 0.314. The molecule has 0 spiro atoms. The van der Waals surface area contributed by atoms with Gasteiger partial charge in [0.2, 0.25) is 5.76 Å². The third kappa shape index (κ3) is 2.74. The average Bonchev–Trinajstić information content (AvgIpc) is 3.37. The molecule has 0 saturated carbocycles. The van der Waals surface area contributed by atoms with Gasteiger partial charge in [-0.15, -0.1) is 11.3 Å². The van der Waals surface area contributed by atoms with E-state index in [4.69, 9.17) is 20.8 Å². The molecule has 8 heteroatoms. The summed E-state index contributed by atoms with van der Waals surface area (Å²) in [5, 5.41) is 3.09. The second-order valence-corrected chi connectivity index (χ2v) is 8.22. The molecule has 2 aromatic carbocycles.